The van der Waals surface area contributed by atoms with Crippen LogP contribution in [0.5, 0.6) is 0 Å². The maximum Gasteiger partial charge on any atom is 0.337 e. The van der Waals surface area contributed by atoms with Crippen molar-refractivity contribution in [3.63, 3.8) is 0 Å². The molecule has 144 valence electrons. The van der Waals surface area contributed by atoms with E-state index in [9.17, 15) is 9.59 Å². The van der Waals surface area contributed by atoms with Gasteiger partial charge < -0.3 is 14.8 Å². The zero-order chi connectivity index (χ0) is 19.1. The number of anilines is 1. The molecule has 0 saturated carbocycles. The summed E-state index contributed by atoms with van der Waals surface area (Å²) in [4.78, 5) is 27.5. The summed E-state index contributed by atoms with van der Waals surface area (Å²) in [7, 11) is 1.33. The van der Waals surface area contributed by atoms with Crippen LogP contribution in [0.25, 0.3) is 0 Å². The second-order valence-corrected chi connectivity index (χ2v) is 7.54. The van der Waals surface area contributed by atoms with Crippen molar-refractivity contribution in [1.82, 2.24) is 4.90 Å². The zero-order valence-corrected chi connectivity index (χ0v) is 16.2. The van der Waals surface area contributed by atoms with Gasteiger partial charge in [-0.15, -0.1) is 11.3 Å². The topological polar surface area (TPSA) is 67.9 Å². The van der Waals surface area contributed by atoms with Crippen LogP contribution in [-0.2, 0) is 20.8 Å². The Balaban J connectivity index is 1.61. The number of rotatable bonds is 8. The van der Waals surface area contributed by atoms with Gasteiger partial charge in [-0.05, 0) is 42.5 Å². The second-order valence-electron chi connectivity index (χ2n) is 6.50. The van der Waals surface area contributed by atoms with Gasteiger partial charge in [-0.1, -0.05) is 12.1 Å². The van der Waals surface area contributed by atoms with Crippen molar-refractivity contribution in [2.24, 2.45) is 0 Å². The van der Waals surface area contributed by atoms with Crippen LogP contribution in [0.3, 0.4) is 0 Å². The van der Waals surface area contributed by atoms with Crippen molar-refractivity contribution in [3.05, 3.63) is 52.2 Å². The molecule has 7 heteroatoms. The molecule has 1 amide bonds. The van der Waals surface area contributed by atoms with E-state index in [1.165, 1.54) is 12.0 Å². The SMILES string of the molecule is COC(=O)c1cccc(NC(=O)CN(Cc2cccs2)CC2CCCO2)c1. The van der Waals surface area contributed by atoms with Gasteiger partial charge in [0.05, 0.1) is 25.3 Å². The summed E-state index contributed by atoms with van der Waals surface area (Å²) in [6, 6.07) is 10.8. The number of carbonyl (C=O) groups excluding carboxylic acids is 2. The molecule has 1 unspecified atom stereocenters. The highest BCUT2D eigenvalue weighted by molar-refractivity contribution is 7.09. The predicted octanol–water partition coefficient (Wildman–Crippen LogP) is 3.15. The molecule has 1 aliphatic heterocycles. The molecule has 0 spiro atoms. The Bertz CT molecular complexity index is 757. The highest BCUT2D eigenvalue weighted by Crippen LogP contribution is 2.18. The molecule has 0 bridgehead atoms. The summed E-state index contributed by atoms with van der Waals surface area (Å²) in [5, 5.41) is 4.91. The van der Waals surface area contributed by atoms with Crippen LogP contribution in [0.15, 0.2) is 41.8 Å². The molecule has 1 saturated heterocycles. The molecule has 0 radical (unpaired) electrons. The van der Waals surface area contributed by atoms with Crippen LogP contribution >= 0.6 is 11.3 Å². The standard InChI is InChI=1S/C20H24N2O4S/c1-25-20(24)15-5-2-6-16(11-15)21-19(23)14-22(12-17-7-3-9-26-17)13-18-8-4-10-27-18/h2,4-6,8,10-11,17H,3,7,9,12-14H2,1H3,(H,21,23). The third-order valence-electron chi connectivity index (χ3n) is 4.38. The van der Waals surface area contributed by atoms with E-state index in [2.05, 4.69) is 16.3 Å². The summed E-state index contributed by atoms with van der Waals surface area (Å²) in [5.74, 6) is -0.546. The molecule has 1 aromatic heterocycles. The highest BCUT2D eigenvalue weighted by atomic mass is 32.1. The number of esters is 1. The molecule has 2 aromatic rings. The summed E-state index contributed by atoms with van der Waals surface area (Å²) >= 11 is 1.68. The Labute approximate surface area is 163 Å². The van der Waals surface area contributed by atoms with E-state index in [1.54, 1.807) is 35.6 Å². The van der Waals surface area contributed by atoms with Gasteiger partial charge >= 0.3 is 5.97 Å². The van der Waals surface area contributed by atoms with Crippen LogP contribution < -0.4 is 5.32 Å². The lowest BCUT2D eigenvalue weighted by Crippen LogP contribution is -2.37. The molecule has 1 aromatic carbocycles. The number of hydrogen-bond acceptors (Lipinski definition) is 6. The largest absolute Gasteiger partial charge is 0.465 e. The Kier molecular flexibility index (Phi) is 6.98. The van der Waals surface area contributed by atoms with Crippen LogP contribution in [0.4, 0.5) is 5.69 Å². The minimum atomic E-state index is -0.427. The van der Waals surface area contributed by atoms with E-state index in [0.717, 1.165) is 26.0 Å². The summed E-state index contributed by atoms with van der Waals surface area (Å²) in [6.07, 6.45) is 2.29. The fraction of sp³-hybridized carbons (Fsp3) is 0.400. The van der Waals surface area contributed by atoms with E-state index >= 15 is 0 Å². The Morgan fingerprint density at radius 1 is 1.33 bits per heavy atom. The number of nitrogens with zero attached hydrogens (tertiary/aromatic N) is 1. The summed E-state index contributed by atoms with van der Waals surface area (Å²) < 4.78 is 10.5. The lowest BCUT2D eigenvalue weighted by Gasteiger charge is -2.24. The van der Waals surface area contributed by atoms with E-state index in [-0.39, 0.29) is 18.6 Å². The number of benzene rings is 1. The van der Waals surface area contributed by atoms with Crippen LogP contribution in [0.2, 0.25) is 0 Å². The monoisotopic (exact) mass is 388 g/mol. The minimum absolute atomic E-state index is 0.119. The predicted molar refractivity (Wildman–Crippen MR) is 105 cm³/mol. The van der Waals surface area contributed by atoms with Crippen LogP contribution in [0, 0.1) is 0 Å². The van der Waals surface area contributed by atoms with Crippen molar-refractivity contribution in [3.8, 4) is 0 Å². The Morgan fingerprint density at radius 3 is 2.93 bits per heavy atom. The average Bonchev–Trinajstić information content (AvgIpc) is 3.35. The molecule has 6 nitrogen and oxygen atoms in total. The highest BCUT2D eigenvalue weighted by Gasteiger charge is 2.21. The summed E-state index contributed by atoms with van der Waals surface area (Å²) in [6.45, 7) is 2.50. The molecule has 1 fully saturated rings. The third-order valence-corrected chi connectivity index (χ3v) is 5.24. The lowest BCUT2D eigenvalue weighted by atomic mass is 10.2. The number of hydrogen-bond donors (Lipinski definition) is 1. The number of thiophene rings is 1. The fourth-order valence-electron chi connectivity index (χ4n) is 3.13. The van der Waals surface area contributed by atoms with Crippen molar-refractivity contribution >= 4 is 28.9 Å². The second kappa shape index (κ2) is 9.64. The normalized spacial score (nSPS) is 16.4. The van der Waals surface area contributed by atoms with Gasteiger partial charge in [0.2, 0.25) is 5.91 Å². The number of amides is 1. The average molecular weight is 388 g/mol. The van der Waals surface area contributed by atoms with Crippen molar-refractivity contribution < 1.29 is 19.1 Å². The lowest BCUT2D eigenvalue weighted by molar-refractivity contribution is -0.117. The van der Waals surface area contributed by atoms with Gasteiger partial charge in [0.25, 0.3) is 0 Å². The zero-order valence-electron chi connectivity index (χ0n) is 15.3. The van der Waals surface area contributed by atoms with Crippen molar-refractivity contribution in [1.29, 1.82) is 0 Å². The molecular weight excluding hydrogens is 364 g/mol. The molecular formula is C20H24N2O4S. The smallest absolute Gasteiger partial charge is 0.337 e. The fourth-order valence-corrected chi connectivity index (χ4v) is 3.88. The first-order valence-electron chi connectivity index (χ1n) is 8.98. The van der Waals surface area contributed by atoms with Gasteiger partial charge in [0, 0.05) is 30.3 Å². The number of methoxy groups -OCH3 is 1. The van der Waals surface area contributed by atoms with Crippen LogP contribution in [0.1, 0.15) is 28.1 Å². The summed E-state index contributed by atoms with van der Waals surface area (Å²) in [5.41, 5.74) is 0.987. The van der Waals surface area contributed by atoms with Gasteiger partial charge in [0.1, 0.15) is 0 Å². The molecule has 1 N–H and O–H groups in total. The first kappa shape index (κ1) is 19.5. The number of ether oxygens (including phenoxy) is 2. The van der Waals surface area contributed by atoms with E-state index in [0.29, 0.717) is 17.8 Å². The number of carbonyl (C=O) groups is 2. The molecule has 3 rings (SSSR count). The van der Waals surface area contributed by atoms with Gasteiger partial charge in [-0.2, -0.15) is 0 Å². The van der Waals surface area contributed by atoms with Gasteiger partial charge in [-0.3, -0.25) is 9.69 Å². The first-order valence-corrected chi connectivity index (χ1v) is 9.86. The molecule has 27 heavy (non-hydrogen) atoms. The van der Waals surface area contributed by atoms with E-state index < -0.39 is 5.97 Å². The molecule has 1 atom stereocenters. The Morgan fingerprint density at radius 2 is 2.22 bits per heavy atom. The Hall–Kier alpha value is -2.22. The maximum atomic E-state index is 12.6. The molecule has 2 heterocycles. The van der Waals surface area contributed by atoms with Gasteiger partial charge in [-0.25, -0.2) is 4.79 Å². The maximum absolute atomic E-state index is 12.6. The van der Waals surface area contributed by atoms with Crippen molar-refractivity contribution in [2.45, 2.75) is 25.5 Å². The van der Waals surface area contributed by atoms with E-state index in [1.807, 2.05) is 11.4 Å². The molecule has 0 aliphatic carbocycles. The first-order chi connectivity index (χ1) is 13.1. The van der Waals surface area contributed by atoms with Gasteiger partial charge in [0.15, 0.2) is 0 Å². The molecule has 1 aliphatic rings. The van der Waals surface area contributed by atoms with E-state index in [4.69, 9.17) is 9.47 Å². The van der Waals surface area contributed by atoms with Crippen molar-refractivity contribution in [2.75, 3.05) is 32.1 Å². The minimum Gasteiger partial charge on any atom is -0.465 e. The number of nitrogens with one attached hydrogen (secondary N) is 1. The third kappa shape index (κ3) is 5.89. The van der Waals surface area contributed by atoms with Crippen LogP contribution in [-0.4, -0.2) is 49.7 Å². The quantitative estimate of drug-likeness (QED) is 0.704.